The van der Waals surface area contributed by atoms with Crippen molar-refractivity contribution in [3.63, 3.8) is 0 Å². The first-order valence-electron chi connectivity index (χ1n) is 25.0. The summed E-state index contributed by atoms with van der Waals surface area (Å²) in [6.45, 7) is 4.70. The third-order valence-corrected chi connectivity index (χ3v) is 11.1. The van der Waals surface area contributed by atoms with E-state index in [1.807, 2.05) is 50.2 Å². The summed E-state index contributed by atoms with van der Waals surface area (Å²) in [5, 5.41) is 11.7. The first-order chi connectivity index (χ1) is 32.3. The molecule has 0 unspecified atom stereocenters. The second-order valence-corrected chi connectivity index (χ2v) is 17.4. The molecule has 2 heterocycles. The minimum absolute atomic E-state index is 0. The van der Waals surface area contributed by atoms with Crippen molar-refractivity contribution in [1.82, 2.24) is 14.5 Å². The van der Waals surface area contributed by atoms with Gasteiger partial charge in [-0.2, -0.15) is 0 Å². The Morgan fingerprint density at radius 2 is 1.43 bits per heavy atom. The van der Waals surface area contributed by atoms with Gasteiger partial charge in [-0.3, -0.25) is 9.55 Å². The Labute approximate surface area is 389 Å². The van der Waals surface area contributed by atoms with Crippen LogP contribution in [-0.2, 0) is 38.3 Å². The maximum atomic E-state index is 11.7. The number of hydrogen-bond donors (Lipinski definition) is 1. The summed E-state index contributed by atoms with van der Waals surface area (Å²) in [6.07, 6.45) is 2.52. The summed E-state index contributed by atoms with van der Waals surface area (Å²) in [5.41, 5.74) is 9.91. The van der Waals surface area contributed by atoms with Gasteiger partial charge in [0.05, 0.1) is 16.6 Å². The SMILES string of the molecule is [2H]C([2H])([2H])C(c1ccc(-c2ccnc(-c3[c-]c(-c4cccc5c4nc(-c4cc(C)cc(C)c4O)n5-c4ccc(-c5ccccc5)c(CC(C)C)c4)cc(C(C)(C)C)c3)c2)cc1)(C([2H])([2H])[2H])C([2H])([2H])[2H].[Pt]. The number of hydrogen-bond acceptors (Lipinski definition) is 3. The molecular weight excluding hydrogens is 926 g/mol. The molecule has 0 saturated carbocycles. The van der Waals surface area contributed by atoms with Crippen molar-refractivity contribution >= 4 is 11.0 Å². The number of para-hydroxylation sites is 1. The fourth-order valence-corrected chi connectivity index (χ4v) is 8.07. The van der Waals surface area contributed by atoms with Crippen LogP contribution in [0.2, 0.25) is 0 Å². The second kappa shape index (κ2) is 17.1. The van der Waals surface area contributed by atoms with E-state index in [4.69, 9.17) is 22.3 Å². The molecule has 2 aromatic heterocycles. The fourth-order valence-electron chi connectivity index (χ4n) is 8.07. The van der Waals surface area contributed by atoms with E-state index in [-0.39, 0.29) is 37.8 Å². The van der Waals surface area contributed by atoms with E-state index in [0.717, 1.165) is 56.5 Å². The van der Waals surface area contributed by atoms with Crippen molar-refractivity contribution in [1.29, 1.82) is 0 Å². The van der Waals surface area contributed by atoms with Gasteiger partial charge in [0.15, 0.2) is 0 Å². The maximum absolute atomic E-state index is 11.7. The number of benzene rings is 6. The maximum Gasteiger partial charge on any atom is 0.148 e. The van der Waals surface area contributed by atoms with Crippen molar-refractivity contribution in [2.45, 2.75) is 86.3 Å². The minimum Gasteiger partial charge on any atom is -0.507 e. The van der Waals surface area contributed by atoms with Crippen molar-refractivity contribution in [3.8, 4) is 67.5 Å². The molecule has 0 bridgehead atoms. The van der Waals surface area contributed by atoms with E-state index < -0.39 is 26.0 Å². The second-order valence-electron chi connectivity index (χ2n) is 17.4. The largest absolute Gasteiger partial charge is 0.507 e. The number of imidazole rings is 1. The first kappa shape index (κ1) is 33.1. The van der Waals surface area contributed by atoms with Crippen LogP contribution < -0.4 is 0 Å². The van der Waals surface area contributed by atoms with Gasteiger partial charge in [-0.25, -0.2) is 4.98 Å². The Hall–Kier alpha value is -5.57. The van der Waals surface area contributed by atoms with Crippen LogP contribution in [0, 0.1) is 25.8 Å². The molecule has 0 aliphatic heterocycles. The number of nitrogens with zero attached hydrogens (tertiary/aromatic N) is 3. The number of phenols is 1. The molecular formula is C56H56N3OPt-. The monoisotopic (exact) mass is 990 g/mol. The van der Waals surface area contributed by atoms with Crippen LogP contribution in [0.4, 0.5) is 0 Å². The van der Waals surface area contributed by atoms with Crippen LogP contribution in [-0.4, -0.2) is 19.6 Å². The van der Waals surface area contributed by atoms with Crippen molar-refractivity contribution in [2.75, 3.05) is 0 Å². The van der Waals surface area contributed by atoms with Crippen molar-refractivity contribution in [3.05, 3.63) is 167 Å². The summed E-state index contributed by atoms with van der Waals surface area (Å²) >= 11 is 0. The van der Waals surface area contributed by atoms with E-state index in [2.05, 4.69) is 106 Å². The number of aromatic nitrogens is 3. The number of fused-ring (bicyclic) bond motifs is 1. The van der Waals surface area contributed by atoms with Crippen LogP contribution in [0.5, 0.6) is 5.75 Å². The molecule has 61 heavy (non-hydrogen) atoms. The Bertz CT molecular complexity index is 3170. The van der Waals surface area contributed by atoms with Crippen LogP contribution in [0.15, 0.2) is 134 Å². The Morgan fingerprint density at radius 1 is 0.689 bits per heavy atom. The summed E-state index contributed by atoms with van der Waals surface area (Å²) < 4.78 is 75.7. The van der Waals surface area contributed by atoms with Crippen molar-refractivity contribution < 1.29 is 38.5 Å². The summed E-state index contributed by atoms with van der Waals surface area (Å²) in [4.78, 5) is 10.2. The molecule has 0 atom stereocenters. The minimum atomic E-state index is -3.36. The average Bonchev–Trinajstić information content (AvgIpc) is 3.66. The molecule has 0 saturated heterocycles. The van der Waals surface area contributed by atoms with Crippen LogP contribution in [0.1, 0.15) is 95.3 Å². The number of phenolic OH excluding ortho intramolecular Hbond substituents is 1. The Kier molecular flexibility index (Phi) is 9.26. The number of rotatable bonds is 8. The molecule has 0 radical (unpaired) electrons. The molecule has 6 aromatic carbocycles. The molecule has 8 aromatic rings. The molecule has 0 spiro atoms. The van der Waals surface area contributed by atoms with E-state index in [1.54, 1.807) is 24.4 Å². The fraction of sp³-hybridized carbons (Fsp3) is 0.250. The van der Waals surface area contributed by atoms with Crippen LogP contribution in [0.3, 0.4) is 0 Å². The van der Waals surface area contributed by atoms with E-state index in [0.29, 0.717) is 39.7 Å². The average molecular weight is 991 g/mol. The standard InChI is InChI=1S/C56H56N3O.Pt/c1-35(2)27-41-33-46(23-24-47(41)39-15-12-11-13-16-39)59-51-18-14-17-48(52(51)58-54(59)49-29-36(3)28-37(4)53(49)60)42-30-43(32-45(31-42)56(8,9)10)50-34-40(25-26-57-50)38-19-21-44(22-20-38)55(5,6)7;/h11-26,28-29,31-35,60H,27H2,1-10H3;/q-1;/i5D3,6D3,7D3;. The van der Waals surface area contributed by atoms with E-state index in [1.165, 1.54) is 23.3 Å². The third-order valence-electron chi connectivity index (χ3n) is 11.1. The molecule has 1 N–H and O–H groups in total. The number of aryl methyl sites for hydroxylation is 2. The van der Waals surface area contributed by atoms with Gasteiger partial charge in [-0.05, 0) is 112 Å². The van der Waals surface area contributed by atoms with Gasteiger partial charge in [-0.15, -0.1) is 29.3 Å². The van der Waals surface area contributed by atoms with E-state index >= 15 is 0 Å². The van der Waals surface area contributed by atoms with Gasteiger partial charge in [0, 0.05) is 51.0 Å². The summed E-state index contributed by atoms with van der Waals surface area (Å²) in [6, 6.07) is 44.3. The van der Waals surface area contributed by atoms with Crippen LogP contribution >= 0.6 is 0 Å². The molecule has 0 aliphatic carbocycles. The Balaban J connectivity index is 0.00000722. The molecule has 312 valence electrons. The van der Waals surface area contributed by atoms with Gasteiger partial charge in [-0.1, -0.05) is 151 Å². The summed E-state index contributed by atoms with van der Waals surface area (Å²) in [5.74, 6) is 1.16. The number of pyridine rings is 1. The molecule has 4 nitrogen and oxygen atoms in total. The molecule has 5 heteroatoms. The van der Waals surface area contributed by atoms with Gasteiger partial charge >= 0.3 is 0 Å². The quantitative estimate of drug-likeness (QED) is 0.154. The number of aromatic hydroxyl groups is 1. The van der Waals surface area contributed by atoms with Gasteiger partial charge < -0.3 is 5.11 Å². The smallest absolute Gasteiger partial charge is 0.148 e. The van der Waals surface area contributed by atoms with E-state index in [9.17, 15) is 5.11 Å². The zero-order chi connectivity index (χ0) is 50.0. The molecule has 0 fully saturated rings. The predicted molar refractivity (Wildman–Crippen MR) is 252 cm³/mol. The molecule has 0 amide bonds. The summed E-state index contributed by atoms with van der Waals surface area (Å²) in [7, 11) is 0. The van der Waals surface area contributed by atoms with Gasteiger partial charge in [0.25, 0.3) is 0 Å². The topological polar surface area (TPSA) is 50.9 Å². The molecule has 0 aliphatic rings. The third kappa shape index (κ3) is 8.93. The Morgan fingerprint density at radius 3 is 2.13 bits per heavy atom. The predicted octanol–water partition coefficient (Wildman–Crippen LogP) is 14.7. The van der Waals surface area contributed by atoms with Crippen molar-refractivity contribution in [2.24, 2.45) is 5.92 Å². The zero-order valence-corrected chi connectivity index (χ0v) is 37.9. The zero-order valence-electron chi connectivity index (χ0n) is 44.6. The van der Waals surface area contributed by atoms with Crippen LogP contribution in [0.25, 0.3) is 72.7 Å². The first-order valence-corrected chi connectivity index (χ1v) is 20.5. The van der Waals surface area contributed by atoms with Gasteiger partial charge in [0.1, 0.15) is 11.6 Å². The molecule has 8 rings (SSSR count). The normalized spacial score (nSPS) is 14.7. The van der Waals surface area contributed by atoms with Gasteiger partial charge in [0.2, 0.25) is 0 Å².